The van der Waals surface area contributed by atoms with Gasteiger partial charge in [0.2, 0.25) is 0 Å². The molecule has 6 nitrogen and oxygen atoms in total. The zero-order valence-corrected chi connectivity index (χ0v) is 18.8. The second-order valence-electron chi connectivity index (χ2n) is 8.06. The van der Waals surface area contributed by atoms with Gasteiger partial charge in [-0.05, 0) is 55.2 Å². The Hall–Kier alpha value is -3.12. The standard InChI is InChI=1S/C25H30N2O4/c1-16(2)18-6-10-20(11-7-18)26-23-22(19-8-12-21(30-5)13-9-19)24(28)27(25(23)29)14-15-31-17(3)4/h6-13,16-17,26H,14-15H2,1-5H3. The highest BCUT2D eigenvalue weighted by atomic mass is 16.5. The second kappa shape index (κ2) is 9.79. The van der Waals surface area contributed by atoms with Gasteiger partial charge < -0.3 is 14.8 Å². The lowest BCUT2D eigenvalue weighted by Gasteiger charge is -2.16. The molecule has 0 atom stereocenters. The number of nitrogens with one attached hydrogen (secondary N) is 1. The van der Waals surface area contributed by atoms with Crippen molar-refractivity contribution in [1.29, 1.82) is 0 Å². The number of rotatable bonds is 9. The van der Waals surface area contributed by atoms with Crippen LogP contribution in [0.15, 0.2) is 54.2 Å². The minimum atomic E-state index is -0.351. The maximum Gasteiger partial charge on any atom is 0.278 e. The molecule has 1 N–H and O–H groups in total. The van der Waals surface area contributed by atoms with Crippen LogP contribution in [0, 0.1) is 0 Å². The van der Waals surface area contributed by atoms with E-state index in [0.29, 0.717) is 29.4 Å². The largest absolute Gasteiger partial charge is 0.497 e. The van der Waals surface area contributed by atoms with Crippen molar-refractivity contribution in [2.24, 2.45) is 0 Å². The third-order valence-corrected chi connectivity index (χ3v) is 5.16. The van der Waals surface area contributed by atoms with Crippen molar-refractivity contribution in [2.45, 2.75) is 39.7 Å². The fourth-order valence-corrected chi connectivity index (χ4v) is 3.40. The van der Waals surface area contributed by atoms with Crippen molar-refractivity contribution < 1.29 is 19.1 Å². The Kier molecular flexibility index (Phi) is 7.13. The summed E-state index contributed by atoms with van der Waals surface area (Å²) in [4.78, 5) is 27.6. The van der Waals surface area contributed by atoms with E-state index < -0.39 is 0 Å². The number of carbonyl (C=O) groups excluding carboxylic acids is 2. The predicted molar refractivity (Wildman–Crippen MR) is 122 cm³/mol. The van der Waals surface area contributed by atoms with Gasteiger partial charge in [-0.25, -0.2) is 0 Å². The summed E-state index contributed by atoms with van der Waals surface area (Å²) in [5.74, 6) is 0.413. The summed E-state index contributed by atoms with van der Waals surface area (Å²) in [6, 6.07) is 15.0. The van der Waals surface area contributed by atoms with Gasteiger partial charge in [0.05, 0.1) is 31.9 Å². The highest BCUT2D eigenvalue weighted by Gasteiger charge is 2.39. The molecule has 0 aliphatic carbocycles. The molecule has 0 unspecified atom stereocenters. The Balaban J connectivity index is 1.94. The second-order valence-corrected chi connectivity index (χ2v) is 8.06. The highest BCUT2D eigenvalue weighted by Crippen LogP contribution is 2.31. The molecular weight excluding hydrogens is 392 g/mol. The van der Waals surface area contributed by atoms with E-state index in [2.05, 4.69) is 19.2 Å². The van der Waals surface area contributed by atoms with E-state index in [1.807, 2.05) is 38.1 Å². The van der Waals surface area contributed by atoms with E-state index in [9.17, 15) is 9.59 Å². The number of imide groups is 1. The summed E-state index contributed by atoms with van der Waals surface area (Å²) in [6.45, 7) is 8.59. The third kappa shape index (κ3) is 5.14. The van der Waals surface area contributed by atoms with Crippen molar-refractivity contribution in [3.8, 4) is 5.75 Å². The number of benzene rings is 2. The molecule has 0 saturated heterocycles. The van der Waals surface area contributed by atoms with Gasteiger partial charge in [0.15, 0.2) is 0 Å². The molecule has 2 amide bonds. The molecule has 6 heteroatoms. The van der Waals surface area contributed by atoms with Crippen molar-refractivity contribution in [3.05, 3.63) is 65.4 Å². The Morgan fingerprint density at radius 1 is 0.903 bits per heavy atom. The van der Waals surface area contributed by atoms with Crippen molar-refractivity contribution in [1.82, 2.24) is 4.90 Å². The Morgan fingerprint density at radius 3 is 2.10 bits per heavy atom. The smallest absolute Gasteiger partial charge is 0.278 e. The number of ether oxygens (including phenoxy) is 2. The number of carbonyl (C=O) groups is 2. The van der Waals surface area contributed by atoms with Crippen LogP contribution in [0.2, 0.25) is 0 Å². The summed E-state index contributed by atoms with van der Waals surface area (Å²) in [6.07, 6.45) is 0.0268. The molecule has 0 bridgehead atoms. The molecule has 3 rings (SSSR count). The number of nitrogens with zero attached hydrogens (tertiary/aromatic N) is 1. The molecule has 0 radical (unpaired) electrons. The number of amides is 2. The van der Waals surface area contributed by atoms with Gasteiger partial charge >= 0.3 is 0 Å². The molecule has 0 aromatic heterocycles. The number of anilines is 1. The Labute approximate surface area is 183 Å². The van der Waals surface area contributed by atoms with Crippen LogP contribution in [0.4, 0.5) is 5.69 Å². The van der Waals surface area contributed by atoms with Crippen LogP contribution in [0.3, 0.4) is 0 Å². The third-order valence-electron chi connectivity index (χ3n) is 5.16. The van der Waals surface area contributed by atoms with Crippen LogP contribution < -0.4 is 10.1 Å². The molecule has 2 aromatic carbocycles. The SMILES string of the molecule is COc1ccc(C2=C(Nc3ccc(C(C)C)cc3)C(=O)N(CCOC(C)C)C2=O)cc1. The van der Waals surface area contributed by atoms with Crippen LogP contribution in [0.5, 0.6) is 5.75 Å². The maximum atomic E-state index is 13.2. The first-order valence-corrected chi connectivity index (χ1v) is 10.5. The first-order chi connectivity index (χ1) is 14.8. The van der Waals surface area contributed by atoms with Gasteiger partial charge in [-0.2, -0.15) is 0 Å². The van der Waals surface area contributed by atoms with Gasteiger partial charge in [0.1, 0.15) is 11.4 Å². The van der Waals surface area contributed by atoms with Crippen LogP contribution in [0.25, 0.3) is 5.57 Å². The molecule has 1 aliphatic heterocycles. The molecular formula is C25H30N2O4. The lowest BCUT2D eigenvalue weighted by molar-refractivity contribution is -0.137. The Morgan fingerprint density at radius 2 is 1.55 bits per heavy atom. The van der Waals surface area contributed by atoms with Crippen LogP contribution >= 0.6 is 0 Å². The fraction of sp³-hybridized carbons (Fsp3) is 0.360. The van der Waals surface area contributed by atoms with Crippen LogP contribution in [0.1, 0.15) is 44.7 Å². The summed E-state index contributed by atoms with van der Waals surface area (Å²) in [5.41, 5.74) is 3.25. The monoisotopic (exact) mass is 422 g/mol. The number of hydrogen-bond donors (Lipinski definition) is 1. The van der Waals surface area contributed by atoms with E-state index in [1.165, 1.54) is 10.5 Å². The first-order valence-electron chi connectivity index (χ1n) is 10.5. The summed E-state index contributed by atoms with van der Waals surface area (Å²) in [5, 5.41) is 3.19. The molecule has 2 aromatic rings. The van der Waals surface area contributed by atoms with Crippen LogP contribution in [-0.2, 0) is 14.3 Å². The van der Waals surface area contributed by atoms with E-state index in [1.54, 1.807) is 31.4 Å². The van der Waals surface area contributed by atoms with Gasteiger partial charge in [-0.15, -0.1) is 0 Å². The molecule has 0 spiro atoms. The quantitative estimate of drug-likeness (QED) is 0.605. The van der Waals surface area contributed by atoms with Gasteiger partial charge in [0.25, 0.3) is 11.8 Å². The fourth-order valence-electron chi connectivity index (χ4n) is 3.40. The zero-order valence-electron chi connectivity index (χ0n) is 18.8. The molecule has 0 saturated carbocycles. The average Bonchev–Trinajstić information content (AvgIpc) is 2.98. The molecule has 164 valence electrons. The highest BCUT2D eigenvalue weighted by molar-refractivity contribution is 6.36. The number of methoxy groups -OCH3 is 1. The molecule has 1 aliphatic rings. The van der Waals surface area contributed by atoms with E-state index in [-0.39, 0.29) is 30.2 Å². The zero-order chi connectivity index (χ0) is 22.5. The van der Waals surface area contributed by atoms with Crippen molar-refractivity contribution >= 4 is 23.1 Å². The summed E-state index contributed by atoms with van der Waals surface area (Å²) < 4.78 is 10.8. The summed E-state index contributed by atoms with van der Waals surface area (Å²) in [7, 11) is 1.59. The van der Waals surface area contributed by atoms with E-state index in [0.717, 1.165) is 5.69 Å². The molecule has 31 heavy (non-hydrogen) atoms. The maximum absolute atomic E-state index is 13.2. The van der Waals surface area contributed by atoms with E-state index >= 15 is 0 Å². The topological polar surface area (TPSA) is 67.9 Å². The normalized spacial score (nSPS) is 14.2. The van der Waals surface area contributed by atoms with Gasteiger partial charge in [0, 0.05) is 5.69 Å². The predicted octanol–water partition coefficient (Wildman–Crippen LogP) is 4.44. The molecule has 0 fully saturated rings. The van der Waals surface area contributed by atoms with Crippen molar-refractivity contribution in [2.75, 3.05) is 25.6 Å². The van der Waals surface area contributed by atoms with Crippen molar-refractivity contribution in [3.63, 3.8) is 0 Å². The van der Waals surface area contributed by atoms with Gasteiger partial charge in [-0.3, -0.25) is 14.5 Å². The first kappa shape index (κ1) is 22.6. The number of hydrogen-bond acceptors (Lipinski definition) is 5. The molecule has 1 heterocycles. The lowest BCUT2D eigenvalue weighted by Crippen LogP contribution is -2.35. The minimum Gasteiger partial charge on any atom is -0.497 e. The average molecular weight is 423 g/mol. The summed E-state index contributed by atoms with van der Waals surface area (Å²) >= 11 is 0. The lowest BCUT2D eigenvalue weighted by atomic mass is 10.0. The van der Waals surface area contributed by atoms with Gasteiger partial charge in [-0.1, -0.05) is 38.1 Å². The minimum absolute atomic E-state index is 0.0268. The van der Waals surface area contributed by atoms with E-state index in [4.69, 9.17) is 9.47 Å². The Bertz CT molecular complexity index is 960. The van der Waals surface area contributed by atoms with Crippen LogP contribution in [-0.4, -0.2) is 43.1 Å².